The number of alkyl halides is 5. The highest BCUT2D eigenvalue weighted by Crippen LogP contribution is 2.38. The van der Waals surface area contributed by atoms with Gasteiger partial charge in [-0.1, -0.05) is 84.0 Å². The molecule has 2 heterocycles. The van der Waals surface area contributed by atoms with Gasteiger partial charge in [0.2, 0.25) is 0 Å². The van der Waals surface area contributed by atoms with Crippen LogP contribution in [-0.2, 0) is 156 Å². The number of hydrazine groups is 2. The number of carbonyl (C=O) groups excluding carboxylic acids is 8. The molecule has 42 nitrogen and oxygen atoms in total. The maximum absolute atomic E-state index is 12.9. The lowest BCUT2D eigenvalue weighted by atomic mass is 9.84. The Kier molecular flexibility index (Phi) is 80.3. The standard InChI is InChI=1S/C26H49N3O8S.C25H45N3O8S.C20H37N3O7S.C17H32O5.C2H3F3O3S.2C2H3N.CH2Cl2.3CH4/c1-10-34-20-21-19-29(27-28(21)9)16-14-18-38(32,33)35-17-13-11-12-15-26(8,22(30)36-24(2,3)4)23(31)37-25(5,6)7;1-9-33-19-20-18-28(27-26-20)15-13-17-37(31,32)34-16-12-10-11-14-25(8,21(29)35-23(2,3)4)22(30)36-24(5,6)7;1-18(2,3)29-16(24)20(7,17(25)30-19(4,5)6)12-9-8-10-14-28-31(26,27)15-11-13-22-23-21;1-15(2,3)21-13(19)17(7,11-9-8-10-12-18)14(20)22-16(4,5)6;1-8-9(6,7)2(3,4)5;2*1-2-3;2-1-3;;;/h19,27H,10-18,20H2,1-9H3;18H,9-17,19H2,1-8H3;8-15H2,1-7H3;18H,8-12H2,1-7H3;1H3;2*1H3;1H2;3*1H4. The van der Waals surface area contributed by atoms with Crippen molar-refractivity contribution in [1.29, 1.82) is 10.5 Å². The summed E-state index contributed by atoms with van der Waals surface area (Å²) < 4.78 is 199. The number of unbranched alkanes of at least 4 members (excludes halogenated alkanes) is 8. The molecule has 149 heavy (non-hydrogen) atoms. The average Bonchev–Trinajstić information content (AvgIpc) is 1.52. The smallest absolute Gasteiger partial charge is 0.459 e. The summed E-state index contributed by atoms with van der Waals surface area (Å²) in [5.41, 5.74) is -3.88. The molecule has 0 radical (unpaired) electrons. The molecule has 878 valence electrons. The van der Waals surface area contributed by atoms with Crippen molar-refractivity contribution in [3.8, 4) is 12.1 Å². The molecule has 0 saturated carbocycles. The highest BCUT2D eigenvalue weighted by atomic mass is 35.5. The van der Waals surface area contributed by atoms with Gasteiger partial charge >= 0.3 is 63.4 Å². The Bertz CT molecular complexity index is 4530. The first-order valence-corrected chi connectivity index (χ1v) is 55.2. The lowest BCUT2D eigenvalue weighted by Gasteiger charge is -2.32. The number of rotatable bonds is 53. The number of nitrogens with one attached hydrogen (secondary N) is 1. The van der Waals surface area contributed by atoms with Crippen molar-refractivity contribution in [2.24, 2.45) is 26.8 Å². The third kappa shape index (κ3) is 80.8. The van der Waals surface area contributed by atoms with Crippen molar-refractivity contribution in [1.82, 2.24) is 30.5 Å². The van der Waals surface area contributed by atoms with E-state index in [0.29, 0.717) is 142 Å². The molecule has 2 N–H and O–H groups in total. The number of carbonyl (C=O) groups is 8. The van der Waals surface area contributed by atoms with Gasteiger partial charge in [-0.05, 0) is 284 Å². The number of aryl methyl sites for hydroxylation is 1. The number of hydrogen-bond acceptors (Lipinski definition) is 39. The van der Waals surface area contributed by atoms with Crippen molar-refractivity contribution in [2.75, 3.05) is 96.1 Å². The van der Waals surface area contributed by atoms with Crippen LogP contribution in [0, 0.1) is 44.3 Å². The van der Waals surface area contributed by atoms with Gasteiger partial charge in [0.1, 0.15) is 50.5 Å². The Morgan fingerprint density at radius 3 is 0.933 bits per heavy atom. The number of esters is 8. The Balaban J connectivity index is -0.000000238. The van der Waals surface area contributed by atoms with Gasteiger partial charge in [0.25, 0.3) is 30.4 Å². The number of hydrogen-bond donors (Lipinski definition) is 2. The second kappa shape index (κ2) is 75.2. The third-order valence-electron chi connectivity index (χ3n) is 18.2. The van der Waals surface area contributed by atoms with Crippen LogP contribution in [0.25, 0.3) is 10.4 Å². The van der Waals surface area contributed by atoms with E-state index >= 15 is 0 Å². The summed E-state index contributed by atoms with van der Waals surface area (Å²) in [4.78, 5) is 105. The predicted molar refractivity (Wildman–Crippen MR) is 566 cm³/mol. The number of nitriles is 2. The zero-order valence-electron chi connectivity index (χ0n) is 92.9. The Morgan fingerprint density at radius 2 is 0.698 bits per heavy atom. The molecular formula is C98H186Cl2F3N11O31S4. The maximum atomic E-state index is 12.9. The average molecular weight is 2270 g/mol. The largest absolute Gasteiger partial charge is 0.523 e. The lowest BCUT2D eigenvalue weighted by Crippen LogP contribution is -2.44. The van der Waals surface area contributed by atoms with E-state index in [4.69, 9.17) is 104 Å². The topological polar surface area (TPSA) is 568 Å². The van der Waals surface area contributed by atoms with E-state index < -0.39 is 160 Å². The quantitative estimate of drug-likeness (QED) is 0.00584. The summed E-state index contributed by atoms with van der Waals surface area (Å²) in [6.07, 6.45) is 12.1. The Hall–Kier alpha value is -7.62. The number of ether oxygens (including phenoxy) is 10. The number of aliphatic hydroxyl groups is 1. The van der Waals surface area contributed by atoms with E-state index in [1.807, 2.05) is 37.1 Å². The molecule has 0 aliphatic carbocycles. The Labute approximate surface area is 900 Å². The van der Waals surface area contributed by atoms with Crippen LogP contribution in [-0.4, -0.2) is 258 Å². The fourth-order valence-electron chi connectivity index (χ4n) is 11.0. The van der Waals surface area contributed by atoms with Gasteiger partial charge < -0.3 is 52.5 Å². The first kappa shape index (κ1) is 159. The molecule has 1 aromatic rings. The van der Waals surface area contributed by atoms with Crippen LogP contribution in [0.1, 0.15) is 372 Å². The zero-order chi connectivity index (χ0) is 115. The van der Waals surface area contributed by atoms with Crippen molar-refractivity contribution in [3.63, 3.8) is 0 Å². The van der Waals surface area contributed by atoms with E-state index in [0.717, 1.165) is 12.1 Å². The number of aromatic nitrogens is 3. The number of likely N-dealkylation sites (N-methyl/N-ethyl adjacent to an activating group) is 1. The van der Waals surface area contributed by atoms with Gasteiger partial charge in [-0.15, -0.1) is 33.8 Å². The zero-order valence-corrected chi connectivity index (χ0v) is 97.7. The minimum absolute atomic E-state index is 0. The molecule has 0 amide bonds. The van der Waals surface area contributed by atoms with Crippen molar-refractivity contribution in [3.05, 3.63) is 34.2 Å². The summed E-state index contributed by atoms with van der Waals surface area (Å²) in [5.74, 6) is -5.38. The first-order chi connectivity index (χ1) is 66.2. The van der Waals surface area contributed by atoms with Crippen LogP contribution in [0.5, 0.6) is 0 Å². The molecule has 1 aliphatic heterocycles. The van der Waals surface area contributed by atoms with Gasteiger partial charge in [0, 0.05) is 71.5 Å². The van der Waals surface area contributed by atoms with Gasteiger partial charge in [0.05, 0.1) is 86.8 Å². The molecule has 0 spiro atoms. The molecule has 1 aromatic heterocycles. The van der Waals surface area contributed by atoms with E-state index in [2.05, 4.69) is 30.1 Å². The third-order valence-corrected chi connectivity index (χ3v) is 23.1. The highest BCUT2D eigenvalue weighted by Gasteiger charge is 2.51. The molecule has 0 fully saturated rings. The summed E-state index contributed by atoms with van der Waals surface area (Å²) >= 11 is 9.53. The number of azide groups is 1. The van der Waals surface area contributed by atoms with Crippen LogP contribution in [0.2, 0.25) is 0 Å². The molecular weight excluding hydrogens is 2080 g/mol. The number of nitrogens with zero attached hydrogens (tertiary/aromatic N) is 10. The molecule has 0 aromatic carbocycles. The monoisotopic (exact) mass is 2270 g/mol. The minimum atomic E-state index is -5.34. The first-order valence-electron chi connectivity index (χ1n) is 48.0. The van der Waals surface area contributed by atoms with Crippen LogP contribution >= 0.6 is 23.2 Å². The number of halogens is 5. The van der Waals surface area contributed by atoms with Crippen molar-refractivity contribution >= 4 is 111 Å². The van der Waals surface area contributed by atoms with Gasteiger partial charge in [-0.3, -0.25) is 69.8 Å². The summed E-state index contributed by atoms with van der Waals surface area (Å²) in [6, 6.07) is 3.50. The van der Waals surface area contributed by atoms with Crippen LogP contribution < -0.4 is 5.53 Å². The van der Waals surface area contributed by atoms with Crippen LogP contribution in [0.4, 0.5) is 13.2 Å². The van der Waals surface area contributed by atoms with Crippen LogP contribution in [0.15, 0.2) is 23.2 Å². The van der Waals surface area contributed by atoms with E-state index in [-0.39, 0.29) is 104 Å². The normalized spacial score (nSPS) is 12.7. The van der Waals surface area contributed by atoms with E-state index in [9.17, 15) is 85.2 Å². The molecule has 51 heteroatoms. The molecule has 0 bridgehead atoms. The SMILES string of the molecule is C.C.C.CC#N.CC#N.CC(C)(C)OC(=O)C(C)(CCCCCO)C(=O)OC(C)(C)C.CC(C)(C)OC(=O)C(C)(CCCCCOS(=O)(=O)CCCN=[N+]=[N-])C(=O)OC(C)(C)C.CCOCC1=CN(CCCS(=O)(=O)OCCCCCC(C)(C(=O)OC(C)(C)C)C(=O)OC(C)(C)C)NN1C.CCOCc1cn(CCCS(=O)(=O)OCCCCCC(C)(C(=O)OC(C)(C)C)C(=O)OC(C)(C)C)nn1.COS(=O)(=O)C(F)(F)F.ClCCl. The molecule has 2 rings (SSSR count). The summed E-state index contributed by atoms with van der Waals surface area (Å²) in [7, 11) is -14.0. The predicted octanol–water partition coefficient (Wildman–Crippen LogP) is 19.7. The lowest BCUT2D eigenvalue weighted by molar-refractivity contribution is -0.186. The van der Waals surface area contributed by atoms with Gasteiger partial charge in [-0.2, -0.15) is 57.4 Å². The van der Waals surface area contributed by atoms with Crippen LogP contribution in [0.3, 0.4) is 0 Å². The van der Waals surface area contributed by atoms with Crippen molar-refractivity contribution in [2.45, 2.75) is 429 Å². The molecule has 0 atom stereocenters. The fraction of sp³-hybridized carbons (Fsp3) is 0.857. The van der Waals surface area contributed by atoms with Crippen molar-refractivity contribution < 1.29 is 154 Å². The van der Waals surface area contributed by atoms with Gasteiger partial charge in [0.15, 0.2) is 21.7 Å². The summed E-state index contributed by atoms with van der Waals surface area (Å²) in [6.45, 7) is 57.9. The number of aliphatic hydroxyl groups excluding tert-OH is 1. The second-order valence-corrected chi connectivity index (χ2v) is 49.7. The highest BCUT2D eigenvalue weighted by molar-refractivity contribution is 7.87. The fourth-order valence-corrected chi connectivity index (χ4v) is 14.1. The van der Waals surface area contributed by atoms with E-state index in [1.54, 1.807) is 196 Å². The molecule has 0 saturated heterocycles. The van der Waals surface area contributed by atoms with E-state index in [1.165, 1.54) is 34.6 Å². The van der Waals surface area contributed by atoms with Gasteiger partial charge in [-0.25, -0.2) is 0 Å². The second-order valence-electron chi connectivity index (χ2n) is 41.9. The molecule has 1 aliphatic rings. The maximum Gasteiger partial charge on any atom is 0.523 e. The molecule has 0 unspecified atom stereocenters. The summed E-state index contributed by atoms with van der Waals surface area (Å²) in [5, 5.41) is 38.5. The Morgan fingerprint density at radius 1 is 0.443 bits per heavy atom. The minimum Gasteiger partial charge on any atom is -0.459 e.